The van der Waals surface area contributed by atoms with E-state index in [1.54, 1.807) is 18.2 Å². The minimum atomic E-state index is -1.23. The Bertz CT molecular complexity index is 1180. The Morgan fingerprint density at radius 2 is 1.94 bits per heavy atom. The van der Waals surface area contributed by atoms with Crippen molar-refractivity contribution in [3.8, 4) is 11.5 Å². The highest BCUT2D eigenvalue weighted by Crippen LogP contribution is 2.66. The van der Waals surface area contributed by atoms with Gasteiger partial charge in [0.2, 0.25) is 0 Å². The number of ether oxygens (including phenoxy) is 1. The van der Waals surface area contributed by atoms with Crippen molar-refractivity contribution in [2.45, 2.75) is 67.7 Å². The van der Waals surface area contributed by atoms with Gasteiger partial charge in [-0.2, -0.15) is 0 Å². The summed E-state index contributed by atoms with van der Waals surface area (Å²) in [5.41, 5.74) is 0.403. The van der Waals surface area contributed by atoms with E-state index >= 15 is 0 Å². The molecule has 3 N–H and O–H groups in total. The zero-order valence-electron chi connectivity index (χ0n) is 19.1. The van der Waals surface area contributed by atoms with Crippen molar-refractivity contribution in [1.29, 1.82) is 0 Å². The number of benzene rings is 2. The van der Waals surface area contributed by atoms with E-state index in [0.717, 1.165) is 24.0 Å². The molecule has 2 aromatic carbocycles. The van der Waals surface area contributed by atoms with Crippen molar-refractivity contribution < 1.29 is 24.4 Å². The van der Waals surface area contributed by atoms with Gasteiger partial charge in [-0.25, -0.2) is 0 Å². The van der Waals surface area contributed by atoms with Gasteiger partial charge in [-0.1, -0.05) is 24.3 Å². The number of nitrogens with one attached hydrogen (secondary N) is 1. The summed E-state index contributed by atoms with van der Waals surface area (Å²) in [5.74, 6) is 0.766. The minimum absolute atomic E-state index is 0.0582. The normalized spacial score (nSPS) is 39.2. The van der Waals surface area contributed by atoms with Crippen LogP contribution in [0.5, 0.6) is 11.5 Å². The zero-order chi connectivity index (χ0) is 23.3. The Morgan fingerprint density at radius 1 is 1.15 bits per heavy atom. The number of carbonyl (C=O) groups is 1. The van der Waals surface area contributed by atoms with Gasteiger partial charge in [-0.15, -0.1) is 0 Å². The van der Waals surface area contributed by atoms with Gasteiger partial charge in [0.1, 0.15) is 17.7 Å². The third kappa shape index (κ3) is 2.55. The standard InChI is InChI=1S/C27H30N2O5/c30-20-9-8-18-14-21-27(32)11-10-19(28-25(31)17-4-2-1-3-5-17)24-26(27,22(18)23(20)34-24)12-13-29(21,33)15-16-6-7-16/h1-5,8-9,16,19,21,24,30,32H,6-7,10-15H2,(H,28,31)/t19-,21-,24+,26?,27-,29?/m1/s1. The van der Waals surface area contributed by atoms with Crippen LogP contribution in [0.4, 0.5) is 0 Å². The Hall–Kier alpha value is -2.61. The molecular weight excluding hydrogens is 432 g/mol. The molecule has 3 aliphatic carbocycles. The first-order valence-corrected chi connectivity index (χ1v) is 12.5. The number of carbonyl (C=O) groups excluding carboxylic acids is 1. The number of hydroxylamine groups is 3. The van der Waals surface area contributed by atoms with Crippen molar-refractivity contribution in [2.24, 2.45) is 5.92 Å². The number of likely N-dealkylation sites (tertiary alicyclic amines) is 1. The number of amides is 1. The SMILES string of the molecule is O=C(N[C@@H]1CC[C@@]2(O)[C@H]3Cc4ccc(O)c5c4C2(CC[N+]3([O-])CC2CC2)[C@H]1O5)c1ccccc1. The van der Waals surface area contributed by atoms with Gasteiger partial charge in [0, 0.05) is 29.9 Å². The average molecular weight is 463 g/mol. The second-order valence-electron chi connectivity index (χ2n) is 11.1. The van der Waals surface area contributed by atoms with Crippen LogP contribution in [0.2, 0.25) is 0 Å². The monoisotopic (exact) mass is 462 g/mol. The van der Waals surface area contributed by atoms with Crippen LogP contribution in [0, 0.1) is 11.1 Å². The highest BCUT2D eigenvalue weighted by atomic mass is 16.6. The Labute approximate surface area is 198 Å². The maximum absolute atomic E-state index is 14.2. The number of aliphatic hydroxyl groups is 1. The van der Waals surface area contributed by atoms with Crippen LogP contribution >= 0.6 is 0 Å². The summed E-state index contributed by atoms with van der Waals surface area (Å²) in [4.78, 5) is 13.1. The van der Waals surface area contributed by atoms with Gasteiger partial charge < -0.3 is 30.1 Å². The summed E-state index contributed by atoms with van der Waals surface area (Å²) in [7, 11) is 0. The summed E-state index contributed by atoms with van der Waals surface area (Å²) < 4.78 is 6.11. The first-order chi connectivity index (χ1) is 16.4. The molecule has 2 heterocycles. The molecule has 178 valence electrons. The number of rotatable bonds is 4. The molecule has 0 radical (unpaired) electrons. The number of phenols is 1. The van der Waals surface area contributed by atoms with Crippen LogP contribution in [0.1, 0.15) is 53.6 Å². The molecule has 0 aromatic heterocycles. The predicted molar refractivity (Wildman–Crippen MR) is 124 cm³/mol. The maximum Gasteiger partial charge on any atom is 0.251 e. The van der Waals surface area contributed by atoms with Crippen LogP contribution in [0.15, 0.2) is 42.5 Å². The van der Waals surface area contributed by atoms with Crippen LogP contribution in [-0.2, 0) is 11.8 Å². The molecule has 2 saturated carbocycles. The number of piperidine rings is 1. The summed E-state index contributed by atoms with van der Waals surface area (Å²) >= 11 is 0. The van der Waals surface area contributed by atoms with Crippen molar-refractivity contribution in [3.05, 3.63) is 64.4 Å². The van der Waals surface area contributed by atoms with Gasteiger partial charge in [0.25, 0.3) is 5.91 Å². The minimum Gasteiger partial charge on any atom is -0.632 e. The van der Waals surface area contributed by atoms with E-state index in [9.17, 15) is 20.2 Å². The van der Waals surface area contributed by atoms with Crippen LogP contribution < -0.4 is 10.1 Å². The van der Waals surface area contributed by atoms with Gasteiger partial charge in [-0.3, -0.25) is 4.79 Å². The van der Waals surface area contributed by atoms with E-state index in [2.05, 4.69) is 5.32 Å². The molecule has 7 heteroatoms. The molecule has 1 amide bonds. The second kappa shape index (κ2) is 6.74. The smallest absolute Gasteiger partial charge is 0.251 e. The molecule has 2 aliphatic heterocycles. The van der Waals surface area contributed by atoms with Crippen LogP contribution in [0.3, 0.4) is 0 Å². The lowest BCUT2D eigenvalue weighted by Gasteiger charge is -2.68. The van der Waals surface area contributed by atoms with Gasteiger partial charge >= 0.3 is 0 Å². The molecular formula is C27H30N2O5. The largest absolute Gasteiger partial charge is 0.632 e. The lowest BCUT2D eigenvalue weighted by atomic mass is 9.48. The van der Waals surface area contributed by atoms with Crippen molar-refractivity contribution in [2.75, 3.05) is 13.1 Å². The summed E-state index contributed by atoms with van der Waals surface area (Å²) in [6, 6.07) is 11.8. The molecule has 6 atom stereocenters. The molecule has 34 heavy (non-hydrogen) atoms. The third-order valence-electron chi connectivity index (χ3n) is 9.41. The first-order valence-electron chi connectivity index (χ1n) is 12.5. The van der Waals surface area contributed by atoms with Gasteiger partial charge in [0.05, 0.1) is 24.5 Å². The molecule has 3 fully saturated rings. The number of aromatic hydroxyl groups is 1. The van der Waals surface area contributed by atoms with E-state index in [0.29, 0.717) is 56.0 Å². The van der Waals surface area contributed by atoms with Crippen LogP contribution in [-0.4, -0.2) is 57.6 Å². The maximum atomic E-state index is 14.2. The summed E-state index contributed by atoms with van der Waals surface area (Å²) in [5, 5.41) is 40.6. The van der Waals surface area contributed by atoms with E-state index < -0.39 is 23.2 Å². The molecule has 2 unspecified atom stereocenters. The first kappa shape index (κ1) is 20.7. The van der Waals surface area contributed by atoms with E-state index in [1.165, 1.54) is 0 Å². The van der Waals surface area contributed by atoms with E-state index in [1.807, 2.05) is 24.3 Å². The highest BCUT2D eigenvalue weighted by Gasteiger charge is 2.76. The van der Waals surface area contributed by atoms with E-state index in [4.69, 9.17) is 4.74 Å². The highest BCUT2D eigenvalue weighted by molar-refractivity contribution is 5.94. The number of phenolic OH excluding ortho intramolecular Hbond substituents is 1. The fraction of sp³-hybridized carbons (Fsp3) is 0.519. The zero-order valence-corrected chi connectivity index (χ0v) is 19.1. The molecule has 1 saturated heterocycles. The molecule has 1 spiro atoms. The van der Waals surface area contributed by atoms with Gasteiger partial charge in [0.15, 0.2) is 11.5 Å². The second-order valence-corrected chi connectivity index (χ2v) is 11.1. The lowest BCUT2D eigenvalue weighted by Crippen LogP contribution is -2.81. The van der Waals surface area contributed by atoms with Crippen LogP contribution in [0.25, 0.3) is 0 Å². The molecule has 5 aliphatic rings. The summed E-state index contributed by atoms with van der Waals surface area (Å²) in [6.07, 6.45) is 3.61. The van der Waals surface area contributed by atoms with Crippen molar-refractivity contribution >= 4 is 5.91 Å². The summed E-state index contributed by atoms with van der Waals surface area (Å²) in [6.45, 7) is 1.00. The Kier molecular flexibility index (Phi) is 4.11. The average Bonchev–Trinajstić information content (AvgIpc) is 3.56. The fourth-order valence-corrected chi connectivity index (χ4v) is 7.75. The number of hydrogen-bond donors (Lipinski definition) is 3. The molecule has 2 bridgehead atoms. The number of nitrogens with zero attached hydrogens (tertiary/aromatic N) is 1. The topological polar surface area (TPSA) is 102 Å². The quantitative estimate of drug-likeness (QED) is 0.479. The Balaban J connectivity index is 1.33. The lowest BCUT2D eigenvalue weighted by molar-refractivity contribution is -0.924. The number of quaternary nitrogens is 1. The predicted octanol–water partition coefficient (Wildman–Crippen LogP) is 2.77. The molecule has 7 nitrogen and oxygen atoms in total. The van der Waals surface area contributed by atoms with E-state index in [-0.39, 0.29) is 22.3 Å². The van der Waals surface area contributed by atoms with Crippen molar-refractivity contribution in [3.63, 3.8) is 0 Å². The third-order valence-corrected chi connectivity index (χ3v) is 9.41. The fourth-order valence-electron chi connectivity index (χ4n) is 7.75. The Morgan fingerprint density at radius 3 is 2.71 bits per heavy atom. The molecule has 2 aromatic rings. The molecule has 7 rings (SSSR count). The number of hydrogen-bond acceptors (Lipinski definition) is 5. The van der Waals surface area contributed by atoms with Crippen molar-refractivity contribution in [1.82, 2.24) is 5.32 Å². The van der Waals surface area contributed by atoms with Gasteiger partial charge in [-0.05, 0) is 49.4 Å².